The molecule has 0 aromatic heterocycles. The summed E-state index contributed by atoms with van der Waals surface area (Å²) in [6.07, 6.45) is 0.000995. The average molecular weight is 412 g/mol. The molecule has 0 aliphatic carbocycles. The molecule has 0 bridgehead atoms. The molecule has 1 aromatic rings. The van der Waals surface area contributed by atoms with Gasteiger partial charge in [0.25, 0.3) is 0 Å². The number of aliphatic hydroxyl groups excluding tert-OH is 2. The van der Waals surface area contributed by atoms with Crippen LogP contribution in [0.3, 0.4) is 0 Å². The Morgan fingerprint density at radius 2 is 1.10 bits per heavy atom. The van der Waals surface area contributed by atoms with E-state index in [-0.39, 0.29) is 57.3 Å². The molecule has 0 atom stereocenters. The van der Waals surface area contributed by atoms with Crippen LogP contribution in [0, 0.1) is 0 Å². The molecule has 0 heterocycles. The number of halogens is 2. The van der Waals surface area contributed by atoms with Crippen LogP contribution in [0.4, 0.5) is 0 Å². The summed E-state index contributed by atoms with van der Waals surface area (Å²) < 4.78 is 0.228. The van der Waals surface area contributed by atoms with Gasteiger partial charge < -0.3 is 20.4 Å². The second kappa shape index (κ2) is 7.16. The molecule has 0 radical (unpaired) electrons. The number of carboxylic acids is 2. The third-order valence-electron chi connectivity index (χ3n) is 2.72. The second-order valence-corrected chi connectivity index (χ2v) is 5.48. The molecule has 1 aromatic carbocycles. The predicted octanol–water partition coefficient (Wildman–Crippen LogP) is 1.68. The summed E-state index contributed by atoms with van der Waals surface area (Å²) in [7, 11) is 0. The Labute approximate surface area is 131 Å². The molecule has 0 saturated carbocycles. The van der Waals surface area contributed by atoms with Crippen LogP contribution in [-0.4, -0.2) is 45.6 Å². The summed E-state index contributed by atoms with van der Waals surface area (Å²) in [5.41, 5.74) is 0.177. The number of hydrogen-bond donors (Lipinski definition) is 4. The average Bonchev–Trinajstić information content (AvgIpc) is 2.35. The first kappa shape index (κ1) is 17.1. The van der Waals surface area contributed by atoms with Gasteiger partial charge in [0.15, 0.2) is 0 Å². The summed E-state index contributed by atoms with van der Waals surface area (Å²) in [6.45, 7) is -0.631. The first-order valence-electron chi connectivity index (χ1n) is 5.57. The third kappa shape index (κ3) is 3.20. The molecule has 0 aliphatic heterocycles. The van der Waals surface area contributed by atoms with Gasteiger partial charge in [-0.3, -0.25) is 0 Å². The first-order valence-corrected chi connectivity index (χ1v) is 7.16. The largest absolute Gasteiger partial charge is 0.478 e. The van der Waals surface area contributed by atoms with E-state index in [4.69, 9.17) is 10.2 Å². The van der Waals surface area contributed by atoms with Crippen molar-refractivity contribution in [3.8, 4) is 0 Å². The molecule has 20 heavy (non-hydrogen) atoms. The van der Waals surface area contributed by atoms with Crippen LogP contribution in [0.5, 0.6) is 0 Å². The van der Waals surface area contributed by atoms with E-state index in [0.717, 1.165) is 0 Å². The third-order valence-corrected chi connectivity index (χ3v) is 4.47. The molecule has 4 N–H and O–H groups in total. The van der Waals surface area contributed by atoms with Gasteiger partial charge in [0.05, 0.1) is 11.1 Å². The summed E-state index contributed by atoms with van der Waals surface area (Å²) in [4.78, 5) is 22.7. The molecular formula is C12H12Br2O6. The Bertz CT molecular complexity index is 506. The molecule has 8 heteroatoms. The number of hydrogen-bond acceptors (Lipinski definition) is 4. The molecule has 0 spiro atoms. The fraction of sp³-hybridized carbons (Fsp3) is 0.333. The lowest BCUT2D eigenvalue weighted by Gasteiger charge is -2.17. The lowest BCUT2D eigenvalue weighted by atomic mass is 9.95. The van der Waals surface area contributed by atoms with Crippen LogP contribution in [-0.2, 0) is 12.8 Å². The van der Waals surface area contributed by atoms with Crippen LogP contribution >= 0.6 is 31.9 Å². The molecular weight excluding hydrogens is 400 g/mol. The van der Waals surface area contributed by atoms with Crippen LogP contribution in [0.25, 0.3) is 0 Å². The maximum absolute atomic E-state index is 11.4. The van der Waals surface area contributed by atoms with Crippen molar-refractivity contribution >= 4 is 43.8 Å². The zero-order valence-electron chi connectivity index (χ0n) is 10.2. The van der Waals surface area contributed by atoms with E-state index < -0.39 is 11.9 Å². The van der Waals surface area contributed by atoms with Gasteiger partial charge >= 0.3 is 11.9 Å². The highest BCUT2D eigenvalue weighted by Gasteiger charge is 2.27. The van der Waals surface area contributed by atoms with Gasteiger partial charge in [-0.25, -0.2) is 9.59 Å². The standard InChI is InChI=1S/C12H12Br2O6/c13-9-5(1-3-15)7(11(17)18)10(14)6(2-4-16)8(9)12(19)20/h15-16H,1-4H2,(H,17,18)(H,19,20). The number of benzene rings is 1. The maximum Gasteiger partial charge on any atom is 0.337 e. The molecule has 0 unspecified atom stereocenters. The molecule has 0 fully saturated rings. The summed E-state index contributed by atoms with van der Waals surface area (Å²) >= 11 is 6.20. The Morgan fingerprint density at radius 1 is 0.800 bits per heavy atom. The molecule has 110 valence electrons. The molecule has 0 amide bonds. The number of carboxylic acid groups (broad SMARTS) is 2. The molecule has 0 saturated heterocycles. The van der Waals surface area contributed by atoms with Gasteiger partial charge in [0.2, 0.25) is 0 Å². The topological polar surface area (TPSA) is 115 Å². The first-order chi connectivity index (χ1) is 9.36. The van der Waals surface area contributed by atoms with Gasteiger partial charge in [-0.1, -0.05) is 0 Å². The lowest BCUT2D eigenvalue weighted by Crippen LogP contribution is -2.15. The number of rotatable bonds is 6. The van der Waals surface area contributed by atoms with Crippen molar-refractivity contribution in [3.05, 3.63) is 31.2 Å². The van der Waals surface area contributed by atoms with Crippen molar-refractivity contribution in [2.24, 2.45) is 0 Å². The highest BCUT2D eigenvalue weighted by Crippen LogP contribution is 2.36. The van der Waals surface area contributed by atoms with Crippen LogP contribution in [0.2, 0.25) is 0 Å². The fourth-order valence-electron chi connectivity index (χ4n) is 1.93. The van der Waals surface area contributed by atoms with Gasteiger partial charge in [-0.2, -0.15) is 0 Å². The Balaban J connectivity index is 3.78. The Hall–Kier alpha value is -0.960. The van der Waals surface area contributed by atoms with E-state index >= 15 is 0 Å². The van der Waals surface area contributed by atoms with E-state index in [0.29, 0.717) is 0 Å². The van der Waals surface area contributed by atoms with E-state index in [9.17, 15) is 19.8 Å². The minimum Gasteiger partial charge on any atom is -0.478 e. The fourth-order valence-corrected chi connectivity index (χ4v) is 3.54. The minimum atomic E-state index is -1.24. The Kier molecular flexibility index (Phi) is 6.12. The van der Waals surface area contributed by atoms with Crippen LogP contribution < -0.4 is 0 Å². The molecule has 0 aliphatic rings. The van der Waals surface area contributed by atoms with E-state index in [1.165, 1.54) is 0 Å². The van der Waals surface area contributed by atoms with Crippen molar-refractivity contribution in [1.29, 1.82) is 0 Å². The summed E-state index contributed by atoms with van der Waals surface area (Å²) in [6, 6.07) is 0. The second-order valence-electron chi connectivity index (χ2n) is 3.89. The quantitative estimate of drug-likeness (QED) is 0.566. The van der Waals surface area contributed by atoms with Crippen LogP contribution in [0.1, 0.15) is 31.8 Å². The monoisotopic (exact) mass is 410 g/mol. The lowest BCUT2D eigenvalue weighted by molar-refractivity contribution is 0.0676. The smallest absolute Gasteiger partial charge is 0.337 e. The zero-order valence-corrected chi connectivity index (χ0v) is 13.4. The molecule has 6 nitrogen and oxygen atoms in total. The number of aliphatic hydroxyl groups is 2. The summed E-state index contributed by atoms with van der Waals surface area (Å²) in [5.74, 6) is -2.48. The van der Waals surface area contributed by atoms with Gasteiger partial charge in [-0.05, 0) is 55.8 Å². The van der Waals surface area contributed by atoms with Crippen molar-refractivity contribution in [2.45, 2.75) is 12.8 Å². The maximum atomic E-state index is 11.4. The van der Waals surface area contributed by atoms with Gasteiger partial charge in [0.1, 0.15) is 0 Å². The van der Waals surface area contributed by atoms with E-state index in [2.05, 4.69) is 31.9 Å². The minimum absolute atomic E-state index is 0.000498. The number of aromatic carboxylic acids is 2. The summed E-state index contributed by atoms with van der Waals surface area (Å²) in [5, 5.41) is 36.6. The van der Waals surface area contributed by atoms with Crippen molar-refractivity contribution < 1.29 is 30.0 Å². The zero-order chi connectivity index (χ0) is 15.4. The van der Waals surface area contributed by atoms with Crippen LogP contribution in [0.15, 0.2) is 8.95 Å². The number of carbonyl (C=O) groups is 2. The highest BCUT2D eigenvalue weighted by molar-refractivity contribution is 9.11. The Morgan fingerprint density at radius 3 is 1.30 bits per heavy atom. The highest BCUT2D eigenvalue weighted by atomic mass is 79.9. The van der Waals surface area contributed by atoms with E-state index in [1.54, 1.807) is 0 Å². The predicted molar refractivity (Wildman–Crippen MR) is 77.3 cm³/mol. The van der Waals surface area contributed by atoms with Crippen molar-refractivity contribution in [1.82, 2.24) is 0 Å². The van der Waals surface area contributed by atoms with E-state index in [1.807, 2.05) is 0 Å². The van der Waals surface area contributed by atoms with Gasteiger partial charge in [0, 0.05) is 22.2 Å². The molecule has 1 rings (SSSR count). The van der Waals surface area contributed by atoms with Crippen molar-refractivity contribution in [3.63, 3.8) is 0 Å². The normalized spacial score (nSPS) is 10.6. The van der Waals surface area contributed by atoms with Gasteiger partial charge in [-0.15, -0.1) is 0 Å². The SMILES string of the molecule is O=C(O)c1c(Br)c(CCO)c(C(=O)O)c(Br)c1CCO. The van der Waals surface area contributed by atoms with Crippen molar-refractivity contribution in [2.75, 3.05) is 13.2 Å².